The zero-order chi connectivity index (χ0) is 81.1. The Kier molecular flexibility index (Phi) is 32.0. The summed E-state index contributed by atoms with van der Waals surface area (Å²) in [7, 11) is 0. The Hall–Kier alpha value is -3.72. The second kappa shape index (κ2) is 39.0. The first-order valence-corrected chi connectivity index (χ1v) is 35.3. The van der Waals surface area contributed by atoms with Crippen LogP contribution in [0.25, 0.3) is 0 Å². The van der Waals surface area contributed by atoms with Gasteiger partial charge < -0.3 is 219 Å². The van der Waals surface area contributed by atoms with Gasteiger partial charge in [0.1, 0.15) is 207 Å². The molecule has 27 N–H and O–H groups in total. The van der Waals surface area contributed by atoms with E-state index in [4.69, 9.17) is 80.5 Å². The molecule has 0 aromatic carbocycles. The Morgan fingerprint density at radius 2 is 0.582 bits per heavy atom. The van der Waals surface area contributed by atoms with E-state index in [9.17, 15) is 137 Å². The minimum atomic E-state index is -2.54. The minimum absolute atomic E-state index is 0.817. The molecule has 0 spiro atoms. The Balaban J connectivity index is 1.06. The number of hydrogen-bond donors (Lipinski definition) is 27. The van der Waals surface area contributed by atoms with Crippen LogP contribution in [0.15, 0.2) is 0 Å². The van der Waals surface area contributed by atoms with Crippen molar-refractivity contribution in [3.8, 4) is 0 Å². The highest BCUT2D eigenvalue weighted by Gasteiger charge is 2.61. The second-order valence-corrected chi connectivity index (χ2v) is 28.2. The highest BCUT2D eigenvalue weighted by atomic mass is 16.8. The fraction of sp³-hybridized carbons (Fsp3) is 0.935. The van der Waals surface area contributed by atoms with Crippen LogP contribution in [0.4, 0.5) is 0 Å². The maximum Gasteiger partial charge on any atom is 0.217 e. The molecule has 0 saturated carbocycles. The predicted octanol–water partition coefficient (Wildman–Crippen LogP) is -18.0. The second-order valence-electron chi connectivity index (χ2n) is 28.2. The van der Waals surface area contributed by atoms with Gasteiger partial charge in [-0.25, -0.2) is 0 Å². The van der Waals surface area contributed by atoms with Gasteiger partial charge in [0, 0.05) is 27.7 Å². The highest BCUT2D eigenvalue weighted by molar-refractivity contribution is 5.74. The largest absolute Gasteiger partial charge is 0.394 e. The number of rotatable bonds is 27. The lowest BCUT2D eigenvalue weighted by molar-refractivity contribution is -0.401. The standard InChI is InChI=1S/C62H104N4O44/c1-14-31(76)40(85)44(89)58(96-14)95-13-26-49(38(83)27(54(93)98-26)63-16(3)72)105-56-29(65-18(5)74)39(84)48(23(10-70)102-56)106-61-47(92)52(36(81)25(104-61)12-94-59-45(90)42(87)34(79)21(8-68)100-59)109-62-53(43(88)35(80)22(9-69)101-62)110-57-30(66-19(6)75)51(108-60-46(91)41(86)32(77)15(2)97-60)50(24(11-71)103-57)107-55-28(64-17(4)73)37(82)33(78)20(7-67)99-55/h14-15,20-62,67-71,76-93H,7-13H2,1-6H3,(H,63,72)(H,64,73)(H,65,74)(H,66,75)/t14-,15-,20-,21+,22-,23+,24+,25-,26+,27-,28+,29-,30+,31+,32+,33-,34+,35-,36+,37+,38-,39-,40-,41-,42+,43?,44+,45+,46+,47-,48+,49+,50+,51-,52+,53+,54?,55+,56-,57+,58+,59-,60-,61+,62-/m0/s1. The maximum atomic E-state index is 13.5. The summed E-state index contributed by atoms with van der Waals surface area (Å²) in [5.41, 5.74) is 0. The third-order valence-corrected chi connectivity index (χ3v) is 20.3. The van der Waals surface area contributed by atoms with E-state index >= 15 is 0 Å². The molecule has 9 saturated heterocycles. The van der Waals surface area contributed by atoms with Crippen molar-refractivity contribution in [3.63, 3.8) is 0 Å². The van der Waals surface area contributed by atoms with E-state index in [0.29, 0.717) is 0 Å². The first kappa shape index (κ1) is 90.2. The number of amides is 4. The molecule has 48 nitrogen and oxygen atoms in total. The Morgan fingerprint density at radius 1 is 0.255 bits per heavy atom. The average Bonchev–Trinajstić information content (AvgIpc) is 0.761. The van der Waals surface area contributed by atoms with Crippen LogP contribution in [-0.4, -0.2) is 463 Å². The molecule has 0 aromatic heterocycles. The normalized spacial score (nSPS) is 49.6. The molecule has 0 aromatic rings. The monoisotopic (exact) mass is 1610 g/mol. The minimum Gasteiger partial charge on any atom is -0.394 e. The number of nitrogens with one attached hydrogen (secondary N) is 4. The average molecular weight is 1610 g/mol. The molecule has 9 aliphatic heterocycles. The summed E-state index contributed by atoms with van der Waals surface area (Å²) >= 11 is 0. The molecule has 9 fully saturated rings. The van der Waals surface area contributed by atoms with Crippen molar-refractivity contribution in [2.45, 2.75) is 318 Å². The molecule has 9 aliphatic rings. The molecular weight excluding hydrogens is 1500 g/mol. The summed E-state index contributed by atoms with van der Waals surface area (Å²) in [6.45, 7) is -0.963. The van der Waals surface area contributed by atoms with E-state index < -0.39 is 346 Å². The quantitative estimate of drug-likeness (QED) is 0.0363. The number of hydrogen-bond acceptors (Lipinski definition) is 44. The van der Waals surface area contributed by atoms with E-state index in [-0.39, 0.29) is 0 Å². The van der Waals surface area contributed by atoms with E-state index in [1.165, 1.54) is 13.8 Å². The first-order chi connectivity index (χ1) is 51.9. The molecule has 0 aliphatic carbocycles. The van der Waals surface area contributed by atoms with Crippen LogP contribution in [0.2, 0.25) is 0 Å². The van der Waals surface area contributed by atoms with Crippen molar-refractivity contribution in [2.75, 3.05) is 46.2 Å². The van der Waals surface area contributed by atoms with E-state index in [1.807, 2.05) is 0 Å². The van der Waals surface area contributed by atoms with E-state index in [2.05, 4.69) is 21.3 Å². The van der Waals surface area contributed by atoms with Crippen molar-refractivity contribution in [3.05, 3.63) is 0 Å². The Morgan fingerprint density at radius 3 is 1.11 bits per heavy atom. The van der Waals surface area contributed by atoms with Gasteiger partial charge >= 0.3 is 0 Å². The lowest BCUT2D eigenvalue weighted by atomic mass is 9.93. The molecular formula is C62H104N4O44. The number of ether oxygens (including phenoxy) is 17. The van der Waals surface area contributed by atoms with Gasteiger partial charge in [-0.3, -0.25) is 19.2 Å². The van der Waals surface area contributed by atoms with Gasteiger partial charge in [-0.05, 0) is 13.8 Å². The summed E-state index contributed by atoms with van der Waals surface area (Å²) in [6.07, 6.45) is -82.3. The van der Waals surface area contributed by atoms with Crippen molar-refractivity contribution in [1.82, 2.24) is 21.3 Å². The topological polar surface area (TPSA) is 739 Å². The zero-order valence-corrected chi connectivity index (χ0v) is 59.8. The lowest BCUT2D eigenvalue weighted by Crippen LogP contribution is -2.72. The van der Waals surface area contributed by atoms with E-state index in [0.717, 1.165) is 27.7 Å². The Labute approximate surface area is 624 Å². The van der Waals surface area contributed by atoms with Crippen LogP contribution in [0.5, 0.6) is 0 Å². The van der Waals surface area contributed by atoms with Crippen molar-refractivity contribution in [2.24, 2.45) is 0 Å². The van der Waals surface area contributed by atoms with Gasteiger partial charge in [0.25, 0.3) is 0 Å². The number of carbonyl (C=O) groups is 4. The van der Waals surface area contributed by atoms with Crippen LogP contribution in [0, 0.1) is 0 Å². The van der Waals surface area contributed by atoms with Crippen LogP contribution in [-0.2, 0) is 99.7 Å². The smallest absolute Gasteiger partial charge is 0.217 e. The van der Waals surface area contributed by atoms with Gasteiger partial charge in [0.15, 0.2) is 56.6 Å². The summed E-state index contributed by atoms with van der Waals surface area (Å²) < 4.78 is 102. The predicted molar refractivity (Wildman–Crippen MR) is 341 cm³/mol. The van der Waals surface area contributed by atoms with Crippen LogP contribution >= 0.6 is 0 Å². The molecule has 0 radical (unpaired) electrons. The molecule has 48 heteroatoms. The number of aliphatic hydroxyl groups is 23. The van der Waals surface area contributed by atoms with Crippen molar-refractivity contribution in [1.29, 1.82) is 0 Å². The molecule has 0 bridgehead atoms. The first-order valence-electron chi connectivity index (χ1n) is 35.3. The summed E-state index contributed by atoms with van der Waals surface area (Å²) in [6, 6.07) is -7.43. The lowest BCUT2D eigenvalue weighted by Gasteiger charge is -2.52. The third-order valence-electron chi connectivity index (χ3n) is 20.3. The van der Waals surface area contributed by atoms with Crippen molar-refractivity contribution < 1.29 is 217 Å². The zero-order valence-electron chi connectivity index (χ0n) is 59.8. The van der Waals surface area contributed by atoms with Gasteiger partial charge in [-0.15, -0.1) is 0 Å². The van der Waals surface area contributed by atoms with Crippen LogP contribution in [0.1, 0.15) is 41.5 Å². The third kappa shape index (κ3) is 19.9. The summed E-state index contributed by atoms with van der Waals surface area (Å²) in [4.78, 5) is 51.6. The molecule has 110 heavy (non-hydrogen) atoms. The maximum absolute atomic E-state index is 13.5. The molecule has 2 unspecified atom stereocenters. The van der Waals surface area contributed by atoms with Crippen molar-refractivity contribution >= 4 is 23.6 Å². The summed E-state index contributed by atoms with van der Waals surface area (Å²) in [5, 5.41) is 266. The highest BCUT2D eigenvalue weighted by Crippen LogP contribution is 2.40. The molecule has 636 valence electrons. The fourth-order valence-electron chi connectivity index (χ4n) is 14.2. The Bertz CT molecular complexity index is 2930. The van der Waals surface area contributed by atoms with Gasteiger partial charge in [-0.2, -0.15) is 0 Å². The van der Waals surface area contributed by atoms with Gasteiger partial charge in [-0.1, -0.05) is 0 Å². The number of carbonyl (C=O) groups excluding carboxylic acids is 4. The molecule has 9 rings (SSSR count). The molecule has 4 amide bonds. The fourth-order valence-corrected chi connectivity index (χ4v) is 14.2. The molecule has 45 atom stereocenters. The van der Waals surface area contributed by atoms with Crippen LogP contribution < -0.4 is 21.3 Å². The number of aliphatic hydroxyl groups excluding tert-OH is 23. The SMILES string of the molecule is CC(=O)N[C@@H]1[C@H](O[C@H]2[C@@H](O)[C@H](NC(C)=O)C(O)O[C@@H]2CO[C@@H]2O[C@@H](C)[C@@H](O)[C@H](O)[C@H]2O)O[C@H](CO)[C@@H](O[C@H]2O[C@@H](CO[C@H]3O[C@H](CO)[C@@H](O)[C@@H](O)[C@H]3O)[C@@H](O)[C@@H](O[C@@H]3O[C@@H](CO)[C@H](O)C(O)[C@H]3O[C@H]3O[C@H](CO)[C@@H](O[C@H]4O[C@@H](CO)[C@H](O)[C@H](O)[C@H]4NC(C)=O)[C@@H](O[C@@H]4O[C@@H](C)[C@@H](O)[C@H](O)[C@H]4O)[C@H]3NC(C)=O)[C@@H]2O)[C@H]1O. The summed E-state index contributed by atoms with van der Waals surface area (Å²) in [5.74, 6) is -3.60. The van der Waals surface area contributed by atoms with E-state index in [1.54, 1.807) is 0 Å². The molecule has 9 heterocycles. The van der Waals surface area contributed by atoms with Crippen LogP contribution in [0.3, 0.4) is 0 Å². The van der Waals surface area contributed by atoms with Gasteiger partial charge in [0.2, 0.25) is 23.6 Å². The van der Waals surface area contributed by atoms with Gasteiger partial charge in [0.05, 0.1) is 58.5 Å².